The highest BCUT2D eigenvalue weighted by Gasteiger charge is 2.31. The number of aryl methyl sites for hydroxylation is 2. The number of imide groups is 1. The number of piperidine rings is 2. The molecule has 0 spiro atoms. The van der Waals surface area contributed by atoms with E-state index in [-0.39, 0.29) is 18.0 Å². The number of fused-ring (bicyclic) bond motifs is 1. The van der Waals surface area contributed by atoms with Crippen LogP contribution in [-0.2, 0) is 27.8 Å². The Hall–Kier alpha value is -2.45. The summed E-state index contributed by atoms with van der Waals surface area (Å²) in [6.45, 7) is 3.75. The molecule has 1 atom stereocenters. The van der Waals surface area contributed by atoms with E-state index in [0.29, 0.717) is 12.3 Å². The predicted molar refractivity (Wildman–Crippen MR) is 113 cm³/mol. The largest absolute Gasteiger partial charge is 0.381 e. The maximum absolute atomic E-state index is 12.8. The molecule has 2 N–H and O–H groups in total. The number of nitrogens with one attached hydrogen (secondary N) is 2. The molecule has 162 valence electrons. The van der Waals surface area contributed by atoms with Gasteiger partial charge in [-0.25, -0.2) is 4.79 Å². The van der Waals surface area contributed by atoms with E-state index >= 15 is 0 Å². The first kappa shape index (κ1) is 20.8. The molecule has 30 heavy (non-hydrogen) atoms. The van der Waals surface area contributed by atoms with Crippen LogP contribution < -0.4 is 16.3 Å². The lowest BCUT2D eigenvalue weighted by Crippen LogP contribution is -2.44. The second-order valence-corrected chi connectivity index (χ2v) is 8.37. The molecule has 2 saturated heterocycles. The van der Waals surface area contributed by atoms with Crippen LogP contribution in [0.4, 0.5) is 0 Å². The van der Waals surface area contributed by atoms with Crippen LogP contribution in [0.25, 0.3) is 11.0 Å². The molecule has 0 bridgehead atoms. The van der Waals surface area contributed by atoms with Crippen molar-refractivity contribution in [3.05, 3.63) is 34.2 Å². The summed E-state index contributed by atoms with van der Waals surface area (Å²) >= 11 is 0. The Balaban J connectivity index is 1.40. The lowest BCUT2D eigenvalue weighted by Gasteiger charge is -2.22. The first-order chi connectivity index (χ1) is 14.5. The summed E-state index contributed by atoms with van der Waals surface area (Å²) in [5.74, 6) is -0.0193. The summed E-state index contributed by atoms with van der Waals surface area (Å²) < 4.78 is 8.97. The summed E-state index contributed by atoms with van der Waals surface area (Å²) in [6, 6.07) is 5.29. The molecule has 2 aliphatic heterocycles. The molecule has 8 nitrogen and oxygen atoms in total. The van der Waals surface area contributed by atoms with E-state index in [1.165, 1.54) is 17.4 Å². The molecular formula is C22H30N4O4. The van der Waals surface area contributed by atoms with Gasteiger partial charge < -0.3 is 10.1 Å². The second-order valence-electron chi connectivity index (χ2n) is 8.37. The van der Waals surface area contributed by atoms with Gasteiger partial charge in [-0.15, -0.1) is 0 Å². The molecule has 2 aromatic rings. The highest BCUT2D eigenvalue weighted by molar-refractivity contribution is 6.00. The Bertz CT molecular complexity index is 987. The minimum Gasteiger partial charge on any atom is -0.381 e. The van der Waals surface area contributed by atoms with Crippen molar-refractivity contribution in [2.45, 2.75) is 44.6 Å². The van der Waals surface area contributed by atoms with E-state index in [1.54, 1.807) is 11.6 Å². The number of carbonyl (C=O) groups excluding carboxylic acids is 2. The van der Waals surface area contributed by atoms with Crippen molar-refractivity contribution in [1.29, 1.82) is 0 Å². The van der Waals surface area contributed by atoms with E-state index in [0.717, 1.165) is 55.7 Å². The van der Waals surface area contributed by atoms with Crippen molar-refractivity contribution in [3.63, 3.8) is 0 Å². The van der Waals surface area contributed by atoms with Gasteiger partial charge in [-0.1, -0.05) is 6.07 Å². The topological polar surface area (TPSA) is 94.4 Å². The van der Waals surface area contributed by atoms with Gasteiger partial charge in [0.15, 0.2) is 0 Å². The summed E-state index contributed by atoms with van der Waals surface area (Å²) in [5, 5.41) is 5.71. The number of nitrogens with zero attached hydrogens (tertiary/aromatic N) is 2. The predicted octanol–water partition coefficient (Wildman–Crippen LogP) is 1.27. The van der Waals surface area contributed by atoms with Gasteiger partial charge in [0, 0.05) is 26.7 Å². The summed E-state index contributed by atoms with van der Waals surface area (Å²) in [5.41, 5.74) is 2.44. The molecule has 1 aromatic heterocycles. The fourth-order valence-electron chi connectivity index (χ4n) is 4.47. The smallest absolute Gasteiger partial charge is 0.329 e. The van der Waals surface area contributed by atoms with E-state index in [4.69, 9.17) is 4.74 Å². The molecule has 8 heteroatoms. The van der Waals surface area contributed by atoms with Crippen LogP contribution in [0.1, 0.15) is 43.7 Å². The number of aromatic nitrogens is 2. The van der Waals surface area contributed by atoms with Gasteiger partial charge in [0.2, 0.25) is 11.8 Å². The van der Waals surface area contributed by atoms with E-state index in [2.05, 4.69) is 10.6 Å². The lowest BCUT2D eigenvalue weighted by molar-refractivity contribution is -0.135. The third-order valence-electron chi connectivity index (χ3n) is 6.24. The molecule has 2 amide bonds. The van der Waals surface area contributed by atoms with Gasteiger partial charge >= 0.3 is 5.69 Å². The van der Waals surface area contributed by atoms with Crippen LogP contribution in [0.5, 0.6) is 0 Å². The maximum atomic E-state index is 12.8. The SMILES string of the molecule is Cn1c(=O)n(C2CCC(=O)NC2=O)c2ccc(CCCOCC3CCNCC3)cc21. The number of benzene rings is 1. The van der Waals surface area contributed by atoms with E-state index in [9.17, 15) is 14.4 Å². The number of rotatable bonds is 7. The highest BCUT2D eigenvalue weighted by atomic mass is 16.5. The van der Waals surface area contributed by atoms with Gasteiger partial charge in [-0.05, 0) is 68.8 Å². The number of hydrogen-bond acceptors (Lipinski definition) is 5. The minimum absolute atomic E-state index is 0.234. The Morgan fingerprint density at radius 2 is 1.90 bits per heavy atom. The molecular weight excluding hydrogens is 384 g/mol. The first-order valence-corrected chi connectivity index (χ1v) is 10.9. The highest BCUT2D eigenvalue weighted by Crippen LogP contribution is 2.24. The Morgan fingerprint density at radius 1 is 1.10 bits per heavy atom. The average Bonchev–Trinajstić information content (AvgIpc) is 2.99. The molecule has 2 aliphatic rings. The van der Waals surface area contributed by atoms with Gasteiger partial charge in [0.25, 0.3) is 0 Å². The van der Waals surface area contributed by atoms with Gasteiger partial charge in [0.05, 0.1) is 11.0 Å². The third-order valence-corrected chi connectivity index (χ3v) is 6.24. The average molecular weight is 415 g/mol. The van der Waals surface area contributed by atoms with Crippen LogP contribution in [0.2, 0.25) is 0 Å². The molecule has 2 fully saturated rings. The summed E-state index contributed by atoms with van der Waals surface area (Å²) in [6.07, 6.45) is 4.77. The lowest BCUT2D eigenvalue weighted by atomic mass is 9.99. The van der Waals surface area contributed by atoms with Gasteiger partial charge in [0.1, 0.15) is 6.04 Å². The zero-order chi connectivity index (χ0) is 21.1. The van der Waals surface area contributed by atoms with Crippen LogP contribution in [0.15, 0.2) is 23.0 Å². The fraction of sp³-hybridized carbons (Fsp3) is 0.591. The summed E-state index contributed by atoms with van der Waals surface area (Å²) in [7, 11) is 1.72. The molecule has 1 unspecified atom stereocenters. The van der Waals surface area contributed by atoms with Crippen molar-refractivity contribution in [1.82, 2.24) is 19.8 Å². The molecule has 0 saturated carbocycles. The normalized spacial score (nSPS) is 20.6. The zero-order valence-corrected chi connectivity index (χ0v) is 17.5. The molecule has 3 heterocycles. The first-order valence-electron chi connectivity index (χ1n) is 10.9. The maximum Gasteiger partial charge on any atom is 0.329 e. The molecule has 0 aliphatic carbocycles. The Kier molecular flexibility index (Phi) is 6.34. The molecule has 4 rings (SSSR count). The van der Waals surface area contributed by atoms with E-state index in [1.807, 2.05) is 18.2 Å². The van der Waals surface area contributed by atoms with Crippen LogP contribution in [0, 0.1) is 5.92 Å². The standard InChI is InChI=1S/C22H30N4O4/c1-25-19-13-15(3-2-12-30-14-16-8-10-23-11-9-16)4-5-17(19)26(22(25)29)18-6-7-20(27)24-21(18)28/h4-5,13,16,18,23H,2-3,6-12,14H2,1H3,(H,24,27,28). The van der Waals surface area contributed by atoms with Gasteiger partial charge in [-0.2, -0.15) is 0 Å². The van der Waals surface area contributed by atoms with Crippen molar-refractivity contribution >= 4 is 22.8 Å². The Labute approximate surface area is 175 Å². The number of amides is 2. The van der Waals surface area contributed by atoms with Crippen molar-refractivity contribution in [2.75, 3.05) is 26.3 Å². The minimum atomic E-state index is -0.645. The monoisotopic (exact) mass is 414 g/mol. The van der Waals surface area contributed by atoms with Crippen molar-refractivity contribution < 1.29 is 14.3 Å². The fourth-order valence-corrected chi connectivity index (χ4v) is 4.47. The van der Waals surface area contributed by atoms with Crippen LogP contribution >= 0.6 is 0 Å². The number of ether oxygens (including phenoxy) is 1. The number of carbonyl (C=O) groups is 2. The second kappa shape index (κ2) is 9.14. The number of imidazole rings is 1. The van der Waals surface area contributed by atoms with Crippen LogP contribution in [-0.4, -0.2) is 47.3 Å². The summed E-state index contributed by atoms with van der Waals surface area (Å²) in [4.78, 5) is 36.5. The molecule has 0 radical (unpaired) electrons. The quantitative estimate of drug-likeness (QED) is 0.526. The van der Waals surface area contributed by atoms with Crippen LogP contribution in [0.3, 0.4) is 0 Å². The number of hydrogen-bond donors (Lipinski definition) is 2. The van der Waals surface area contributed by atoms with E-state index < -0.39 is 11.9 Å². The van der Waals surface area contributed by atoms with Crippen molar-refractivity contribution in [2.24, 2.45) is 13.0 Å². The van der Waals surface area contributed by atoms with Gasteiger partial charge in [-0.3, -0.25) is 24.0 Å². The Morgan fingerprint density at radius 3 is 2.67 bits per heavy atom. The zero-order valence-electron chi connectivity index (χ0n) is 17.5. The molecule has 1 aromatic carbocycles. The third kappa shape index (κ3) is 4.34. The van der Waals surface area contributed by atoms with Crippen molar-refractivity contribution in [3.8, 4) is 0 Å².